The van der Waals surface area contributed by atoms with Crippen molar-refractivity contribution in [3.63, 3.8) is 0 Å². The van der Waals surface area contributed by atoms with E-state index in [4.69, 9.17) is 46.4 Å². The summed E-state index contributed by atoms with van der Waals surface area (Å²) in [7, 11) is 3.95. The van der Waals surface area contributed by atoms with Crippen LogP contribution in [-0.2, 0) is 7.05 Å². The zero-order chi connectivity index (χ0) is 24.5. The lowest BCUT2D eigenvalue weighted by Gasteiger charge is -2.28. The SMILES string of the molecule is CN1CCC(/C=C/c2ccc(Cl)c(Cl)c2)CN1.C[n+]1cc(/C=C/c2ccc(Cl)c(Cl)c2)ccn1. The monoisotopic (exact) mass is 535 g/mol. The average molecular weight is 537 g/mol. The molecule has 1 saturated heterocycles. The number of aryl methyl sites for hydroxylation is 1. The molecule has 1 fully saturated rings. The van der Waals surface area contributed by atoms with Gasteiger partial charge < -0.3 is 0 Å². The molecule has 0 bridgehead atoms. The van der Waals surface area contributed by atoms with Gasteiger partial charge in [0.05, 0.1) is 26.3 Å². The van der Waals surface area contributed by atoms with Crippen LogP contribution in [0.1, 0.15) is 23.1 Å². The molecule has 0 saturated carbocycles. The van der Waals surface area contributed by atoms with Crippen LogP contribution in [0.4, 0.5) is 0 Å². The molecule has 1 aliphatic heterocycles. The van der Waals surface area contributed by atoms with E-state index in [9.17, 15) is 0 Å². The van der Waals surface area contributed by atoms with Gasteiger partial charge in [0.2, 0.25) is 6.20 Å². The van der Waals surface area contributed by atoms with Crippen molar-refractivity contribution in [1.82, 2.24) is 15.5 Å². The van der Waals surface area contributed by atoms with E-state index in [-0.39, 0.29) is 0 Å². The van der Waals surface area contributed by atoms with Crippen molar-refractivity contribution < 1.29 is 4.68 Å². The van der Waals surface area contributed by atoms with Crippen molar-refractivity contribution in [2.24, 2.45) is 13.0 Å². The minimum Gasteiger partial charge on any atom is -0.255 e. The van der Waals surface area contributed by atoms with Crippen molar-refractivity contribution in [1.29, 1.82) is 0 Å². The Labute approximate surface area is 221 Å². The van der Waals surface area contributed by atoms with Gasteiger partial charge in [0.25, 0.3) is 0 Å². The van der Waals surface area contributed by atoms with Crippen LogP contribution in [0, 0.1) is 5.92 Å². The number of aromatic nitrogens is 2. The highest BCUT2D eigenvalue weighted by molar-refractivity contribution is 6.42. The van der Waals surface area contributed by atoms with E-state index in [1.54, 1.807) is 16.9 Å². The van der Waals surface area contributed by atoms with Crippen LogP contribution in [0.2, 0.25) is 20.1 Å². The van der Waals surface area contributed by atoms with Crippen molar-refractivity contribution in [2.75, 3.05) is 20.1 Å². The third-order valence-corrected chi connectivity index (χ3v) is 6.70. The smallest absolute Gasteiger partial charge is 0.203 e. The number of hydrogen-bond donors (Lipinski definition) is 1. The van der Waals surface area contributed by atoms with Gasteiger partial charge in [-0.1, -0.05) is 81.4 Å². The highest BCUT2D eigenvalue weighted by Crippen LogP contribution is 2.24. The maximum atomic E-state index is 5.97. The van der Waals surface area contributed by atoms with E-state index in [1.807, 2.05) is 61.8 Å². The van der Waals surface area contributed by atoms with E-state index in [1.165, 1.54) is 6.42 Å². The molecule has 0 aliphatic carbocycles. The first-order chi connectivity index (χ1) is 16.3. The highest BCUT2D eigenvalue weighted by atomic mass is 35.5. The molecule has 1 aromatic heterocycles. The zero-order valence-corrected chi connectivity index (χ0v) is 22.1. The molecule has 2 heterocycles. The molecule has 0 radical (unpaired) electrons. The van der Waals surface area contributed by atoms with Gasteiger partial charge in [-0.15, -0.1) is 0 Å². The third-order valence-electron chi connectivity index (χ3n) is 5.23. The molecule has 1 unspecified atom stereocenters. The molecule has 3 aromatic rings. The van der Waals surface area contributed by atoms with E-state index >= 15 is 0 Å². The van der Waals surface area contributed by atoms with E-state index in [0.717, 1.165) is 29.8 Å². The van der Waals surface area contributed by atoms with Gasteiger partial charge in [-0.05, 0) is 65.0 Å². The second-order valence-electron chi connectivity index (χ2n) is 8.01. The summed E-state index contributed by atoms with van der Waals surface area (Å²) in [6.45, 7) is 2.07. The summed E-state index contributed by atoms with van der Waals surface area (Å²) >= 11 is 23.6. The Hall–Kier alpha value is -1.92. The van der Waals surface area contributed by atoms with Gasteiger partial charge in [0.1, 0.15) is 0 Å². The molecule has 34 heavy (non-hydrogen) atoms. The molecule has 1 aliphatic rings. The average Bonchev–Trinajstić information content (AvgIpc) is 2.82. The molecule has 0 spiro atoms. The van der Waals surface area contributed by atoms with Crippen molar-refractivity contribution in [3.8, 4) is 0 Å². The number of benzene rings is 2. The molecular formula is C26H27Cl4N4+. The fourth-order valence-corrected chi connectivity index (χ4v) is 3.88. The van der Waals surface area contributed by atoms with Crippen molar-refractivity contribution in [2.45, 2.75) is 6.42 Å². The molecule has 1 N–H and O–H groups in total. The van der Waals surface area contributed by atoms with E-state index in [0.29, 0.717) is 26.0 Å². The second-order valence-corrected chi connectivity index (χ2v) is 9.63. The van der Waals surface area contributed by atoms with Gasteiger partial charge in [-0.2, -0.15) is 0 Å². The summed E-state index contributed by atoms with van der Waals surface area (Å²) in [5, 5.41) is 8.53. The number of nitrogens with zero attached hydrogens (tertiary/aromatic N) is 3. The summed E-state index contributed by atoms with van der Waals surface area (Å²) in [5.74, 6) is 0.584. The predicted octanol–water partition coefficient (Wildman–Crippen LogP) is 6.85. The van der Waals surface area contributed by atoms with Crippen LogP contribution in [0.5, 0.6) is 0 Å². The minimum absolute atomic E-state index is 0.564. The third kappa shape index (κ3) is 8.70. The lowest BCUT2D eigenvalue weighted by atomic mass is 10.0. The summed E-state index contributed by atoms with van der Waals surface area (Å²) < 4.78 is 1.76. The Morgan fingerprint density at radius 1 is 0.882 bits per heavy atom. The molecule has 8 heteroatoms. The van der Waals surface area contributed by atoms with E-state index < -0.39 is 0 Å². The Bertz CT molecular complexity index is 1160. The Balaban J connectivity index is 0.000000191. The molecule has 178 valence electrons. The molecule has 4 rings (SSSR count). The van der Waals surface area contributed by atoms with Crippen LogP contribution in [0.3, 0.4) is 0 Å². The zero-order valence-electron chi connectivity index (χ0n) is 19.1. The summed E-state index contributed by atoms with van der Waals surface area (Å²) in [6.07, 6.45) is 13.2. The van der Waals surface area contributed by atoms with Gasteiger partial charge in [-0.3, -0.25) is 5.43 Å². The largest absolute Gasteiger partial charge is 0.255 e. The first kappa shape index (κ1) is 26.7. The maximum Gasteiger partial charge on any atom is 0.203 e. The number of halogens is 4. The topological polar surface area (TPSA) is 32.0 Å². The number of hydrazine groups is 1. The number of rotatable bonds is 4. The van der Waals surface area contributed by atoms with Gasteiger partial charge in [0.15, 0.2) is 7.05 Å². The lowest BCUT2D eigenvalue weighted by Crippen LogP contribution is -2.43. The second kappa shape index (κ2) is 13.2. The Kier molecular flexibility index (Phi) is 10.4. The predicted molar refractivity (Wildman–Crippen MR) is 145 cm³/mol. The number of nitrogens with one attached hydrogen (secondary N) is 1. The molecular weight excluding hydrogens is 510 g/mol. The fraction of sp³-hybridized carbons (Fsp3) is 0.231. The first-order valence-corrected chi connectivity index (χ1v) is 12.3. The van der Waals surface area contributed by atoms with Crippen LogP contribution in [-0.4, -0.2) is 30.2 Å². The fourth-order valence-electron chi connectivity index (χ4n) is 3.26. The van der Waals surface area contributed by atoms with Gasteiger partial charge >= 0.3 is 0 Å². The van der Waals surface area contributed by atoms with Crippen LogP contribution >= 0.6 is 46.4 Å². The van der Waals surface area contributed by atoms with Crippen LogP contribution in [0.15, 0.2) is 60.9 Å². The summed E-state index contributed by atoms with van der Waals surface area (Å²) in [5.41, 5.74) is 6.51. The Morgan fingerprint density at radius 3 is 2.06 bits per heavy atom. The minimum atomic E-state index is 0.564. The molecule has 0 amide bonds. The van der Waals surface area contributed by atoms with E-state index in [2.05, 4.69) is 34.7 Å². The lowest BCUT2D eigenvalue weighted by molar-refractivity contribution is -0.731. The van der Waals surface area contributed by atoms with Crippen molar-refractivity contribution in [3.05, 3.63) is 97.7 Å². The Morgan fingerprint density at radius 2 is 1.50 bits per heavy atom. The summed E-state index contributed by atoms with van der Waals surface area (Å²) in [4.78, 5) is 0. The van der Waals surface area contributed by atoms with Gasteiger partial charge in [-0.25, -0.2) is 5.01 Å². The number of hydrogen-bond acceptors (Lipinski definition) is 3. The first-order valence-electron chi connectivity index (χ1n) is 10.8. The standard InChI is InChI=1S/C13H16Cl2N2.C13H11Cl2N2/c1-17-7-6-11(9-16-17)3-2-10-4-5-12(14)13(15)8-10;1-17-9-11(6-7-16-17)3-2-10-4-5-12(14)13(15)8-10/h2-5,8,11,16H,6-7,9H2,1H3;2-9H,1H3/q;+1/b2*3-2+. The normalized spacial score (nSPS) is 16.6. The molecule has 2 aromatic carbocycles. The van der Waals surface area contributed by atoms with Crippen LogP contribution in [0.25, 0.3) is 18.2 Å². The van der Waals surface area contributed by atoms with Crippen LogP contribution < -0.4 is 10.1 Å². The van der Waals surface area contributed by atoms with Crippen molar-refractivity contribution >= 4 is 64.6 Å². The summed E-state index contributed by atoms with van der Waals surface area (Å²) in [6, 6.07) is 13.2. The van der Waals surface area contributed by atoms with Gasteiger partial charge in [0, 0.05) is 25.7 Å². The molecule has 4 nitrogen and oxygen atoms in total. The molecule has 1 atom stereocenters. The maximum absolute atomic E-state index is 5.97. The highest BCUT2D eigenvalue weighted by Gasteiger charge is 2.12. The quantitative estimate of drug-likeness (QED) is 0.370.